The second-order valence-corrected chi connectivity index (χ2v) is 27.3. The van der Waals surface area contributed by atoms with Crippen LogP contribution >= 0.6 is 0 Å². The summed E-state index contributed by atoms with van der Waals surface area (Å²) < 4.78 is 50.9. The summed E-state index contributed by atoms with van der Waals surface area (Å²) in [5.41, 5.74) is 1.57. The van der Waals surface area contributed by atoms with Crippen molar-refractivity contribution in [3.05, 3.63) is 108 Å². The van der Waals surface area contributed by atoms with Crippen molar-refractivity contribution < 1.29 is 66.7 Å². The van der Waals surface area contributed by atoms with E-state index in [-0.39, 0.29) is 51.7 Å². The lowest BCUT2D eigenvalue weighted by atomic mass is 9.95. The minimum atomic E-state index is -1.50. The summed E-state index contributed by atoms with van der Waals surface area (Å²) in [5, 5.41) is 8.25. The maximum Gasteiger partial charge on any atom is 0.408 e. The van der Waals surface area contributed by atoms with Gasteiger partial charge < -0.3 is 53.8 Å². The lowest BCUT2D eigenvalue weighted by molar-refractivity contribution is -0.286. The highest BCUT2D eigenvalue weighted by atomic mass is 16.7. The first-order valence-electron chi connectivity index (χ1n) is 37.4. The Hall–Kier alpha value is -5.88. The Balaban J connectivity index is 1.71. The van der Waals surface area contributed by atoms with E-state index in [1.807, 2.05) is 78.9 Å². The monoisotopic (exact) mass is 1340 g/mol. The van der Waals surface area contributed by atoms with Gasteiger partial charge >= 0.3 is 24.0 Å². The molecule has 17 heteroatoms. The Morgan fingerprint density at radius 2 is 0.948 bits per heavy atom. The van der Waals surface area contributed by atoms with Crippen molar-refractivity contribution in [1.29, 1.82) is 0 Å². The third-order valence-electron chi connectivity index (χ3n) is 17.3. The molecule has 0 spiro atoms. The quantitative estimate of drug-likeness (QED) is 0.0273. The van der Waals surface area contributed by atoms with E-state index in [4.69, 9.17) is 37.9 Å². The van der Waals surface area contributed by atoms with E-state index in [0.717, 1.165) is 81.8 Å². The van der Waals surface area contributed by atoms with Gasteiger partial charge in [0.25, 0.3) is 0 Å². The molecule has 0 bridgehead atoms. The second kappa shape index (κ2) is 52.2. The number of ether oxygens (including phenoxy) is 8. The summed E-state index contributed by atoms with van der Waals surface area (Å²) in [5.74, 6) is -3.01. The fraction of sp³-hybridized carbons (Fsp3) is 0.696. The number of esters is 3. The smallest absolute Gasteiger partial charge is 0.408 e. The molecule has 1 aliphatic heterocycles. The number of unbranched alkanes of at least 4 members (excludes halogenated alkanes) is 28. The van der Waals surface area contributed by atoms with Crippen molar-refractivity contribution in [2.24, 2.45) is 0 Å². The van der Waals surface area contributed by atoms with Crippen LogP contribution in [-0.2, 0) is 81.7 Å². The largest absolute Gasteiger partial charge is 0.462 e. The number of rotatable bonds is 55. The molecule has 0 radical (unpaired) electrons. The Morgan fingerprint density at radius 3 is 1.44 bits per heavy atom. The summed E-state index contributed by atoms with van der Waals surface area (Å²) in [6.45, 7) is 10.7. The molecule has 0 aliphatic carbocycles. The molecule has 0 aromatic heterocycles. The molecule has 1 fully saturated rings. The summed E-state index contributed by atoms with van der Waals surface area (Å²) in [4.78, 5) is 84.2. The first-order valence-corrected chi connectivity index (χ1v) is 37.4. The van der Waals surface area contributed by atoms with Crippen molar-refractivity contribution in [2.45, 2.75) is 334 Å². The molecule has 1 heterocycles. The number of amides is 3. The molecule has 0 saturated carbocycles. The molecule has 540 valence electrons. The lowest BCUT2D eigenvalue weighted by Crippen LogP contribution is -2.67. The zero-order valence-corrected chi connectivity index (χ0v) is 59.9. The lowest BCUT2D eigenvalue weighted by Gasteiger charge is -2.46. The fourth-order valence-electron chi connectivity index (χ4n) is 11.9. The molecule has 3 aromatic rings. The van der Waals surface area contributed by atoms with Gasteiger partial charge in [0.2, 0.25) is 11.8 Å². The van der Waals surface area contributed by atoms with Gasteiger partial charge in [-0.25, -0.2) is 9.59 Å². The number of alkyl carbamates (subject to hydrolysis) is 1. The number of carbonyl (C=O) groups is 6. The predicted molar refractivity (Wildman–Crippen MR) is 378 cm³/mol. The third kappa shape index (κ3) is 39.5. The summed E-state index contributed by atoms with van der Waals surface area (Å²) in [7, 11) is 0. The summed E-state index contributed by atoms with van der Waals surface area (Å²) in [6.07, 6.45) is 28.7. The highest BCUT2D eigenvalue weighted by molar-refractivity contribution is 5.87. The van der Waals surface area contributed by atoms with E-state index in [9.17, 15) is 24.0 Å². The SMILES string of the molecule is CCCCCCCCCCCCCC(=O)O[C@H](CCCCCCCCCCC)CC(=O)N[C@H]1[C@H](OC[C@H](NC(=O)CNC(=O)OC(C)(C)C)C(=O)OCc2ccccc2)O[C@H](COCc2ccccc2)[C@@H](OCc2ccccc2)[C@@H]1OC(=O)CCCCCCCCCCCCC. The van der Waals surface area contributed by atoms with Crippen LogP contribution < -0.4 is 16.0 Å². The molecule has 1 aliphatic rings. The molecule has 17 nitrogen and oxygen atoms in total. The van der Waals surface area contributed by atoms with Gasteiger partial charge in [-0.2, -0.15) is 0 Å². The molecule has 3 amide bonds. The van der Waals surface area contributed by atoms with E-state index in [1.54, 1.807) is 32.9 Å². The Morgan fingerprint density at radius 1 is 0.500 bits per heavy atom. The zero-order valence-electron chi connectivity index (χ0n) is 59.9. The first-order chi connectivity index (χ1) is 46.7. The van der Waals surface area contributed by atoms with Crippen LogP contribution in [0.1, 0.15) is 283 Å². The third-order valence-corrected chi connectivity index (χ3v) is 17.3. The first kappa shape index (κ1) is 82.5. The minimum Gasteiger partial charge on any atom is -0.462 e. The molecule has 4 rings (SSSR count). The van der Waals surface area contributed by atoms with Crippen LogP contribution in [0.3, 0.4) is 0 Å². The number of carbonyl (C=O) groups excluding carboxylic acids is 6. The van der Waals surface area contributed by atoms with Gasteiger partial charge in [-0.15, -0.1) is 0 Å². The van der Waals surface area contributed by atoms with Crippen LogP contribution in [0.5, 0.6) is 0 Å². The van der Waals surface area contributed by atoms with E-state index in [1.165, 1.54) is 116 Å². The van der Waals surface area contributed by atoms with Gasteiger partial charge in [0.1, 0.15) is 43.1 Å². The molecule has 7 atom stereocenters. The Bertz CT molecular complexity index is 2500. The Labute approximate surface area is 577 Å². The highest BCUT2D eigenvalue weighted by Crippen LogP contribution is 2.31. The zero-order chi connectivity index (χ0) is 69.1. The van der Waals surface area contributed by atoms with E-state index in [0.29, 0.717) is 24.8 Å². The van der Waals surface area contributed by atoms with E-state index in [2.05, 4.69) is 36.7 Å². The van der Waals surface area contributed by atoms with Gasteiger partial charge in [-0.3, -0.25) is 19.2 Å². The van der Waals surface area contributed by atoms with Crippen LogP contribution in [0.25, 0.3) is 0 Å². The Kier molecular flexibility index (Phi) is 44.9. The minimum absolute atomic E-state index is 0.0669. The van der Waals surface area contributed by atoms with Crippen LogP contribution in [-0.4, -0.2) is 104 Å². The number of hydrogen-bond donors (Lipinski definition) is 3. The standard InChI is InChI=1S/C79H125N3O14/c1-7-10-13-16-19-22-24-27-30-33-45-54-71(85)93-66(53-44-32-29-26-21-18-15-12-9-3)56-69(83)82-73-75(95-72(86)55-46-34-31-28-25-23-20-17-14-11-8-2)74(90-59-64-49-40-36-41-50-64)68(62-89-58-63-47-38-35-39-48-63)94-77(73)92-61-67(76(87)91-60-65-51-42-37-43-52-65)81-70(84)57-80-78(88)96-79(4,5)6/h35-43,47-52,66-68,73-75,77H,7-34,44-46,53-62H2,1-6H3,(H,80,88)(H,81,84)(H,82,83)/t66-,67+,68-,73-,74-,75-,77-/m1/s1. The number of benzene rings is 3. The predicted octanol–water partition coefficient (Wildman–Crippen LogP) is 17.3. The topological polar surface area (TPSA) is 212 Å². The molecule has 3 aromatic carbocycles. The average molecular weight is 1340 g/mol. The van der Waals surface area contributed by atoms with Gasteiger partial charge in [-0.05, 0) is 63.1 Å². The molecule has 0 unspecified atom stereocenters. The normalized spacial score (nSPS) is 16.8. The van der Waals surface area contributed by atoms with Gasteiger partial charge in [0.05, 0.1) is 32.8 Å². The molecule has 1 saturated heterocycles. The molecular weight excluding hydrogens is 1210 g/mol. The van der Waals surface area contributed by atoms with Gasteiger partial charge in [-0.1, -0.05) is 292 Å². The van der Waals surface area contributed by atoms with E-state index < -0.39 is 91.4 Å². The molecule has 3 N–H and O–H groups in total. The van der Waals surface area contributed by atoms with Crippen molar-refractivity contribution in [3.63, 3.8) is 0 Å². The van der Waals surface area contributed by atoms with Crippen molar-refractivity contribution in [3.8, 4) is 0 Å². The fourth-order valence-corrected chi connectivity index (χ4v) is 11.9. The van der Waals surface area contributed by atoms with Crippen LogP contribution in [0, 0.1) is 0 Å². The maximum absolute atomic E-state index is 15.1. The average Bonchev–Trinajstić information content (AvgIpc) is 0.787. The van der Waals surface area contributed by atoms with E-state index >= 15 is 4.79 Å². The second-order valence-electron chi connectivity index (χ2n) is 27.3. The molecule has 96 heavy (non-hydrogen) atoms. The summed E-state index contributed by atoms with van der Waals surface area (Å²) >= 11 is 0. The number of nitrogens with one attached hydrogen (secondary N) is 3. The molecular formula is C79H125N3O14. The van der Waals surface area contributed by atoms with Crippen LogP contribution in [0.2, 0.25) is 0 Å². The van der Waals surface area contributed by atoms with Crippen molar-refractivity contribution in [2.75, 3.05) is 19.8 Å². The van der Waals surface area contributed by atoms with Crippen LogP contribution in [0.4, 0.5) is 4.79 Å². The number of hydrogen-bond acceptors (Lipinski definition) is 14. The van der Waals surface area contributed by atoms with Crippen molar-refractivity contribution >= 4 is 35.8 Å². The van der Waals surface area contributed by atoms with Gasteiger partial charge in [0.15, 0.2) is 18.4 Å². The van der Waals surface area contributed by atoms with Gasteiger partial charge in [0, 0.05) is 12.8 Å². The maximum atomic E-state index is 15.1. The highest BCUT2D eigenvalue weighted by Gasteiger charge is 2.51. The van der Waals surface area contributed by atoms with Crippen LogP contribution in [0.15, 0.2) is 91.0 Å². The summed E-state index contributed by atoms with van der Waals surface area (Å²) in [6, 6.07) is 25.4. The van der Waals surface area contributed by atoms with Crippen molar-refractivity contribution in [1.82, 2.24) is 16.0 Å².